The van der Waals surface area contributed by atoms with Crippen LogP contribution in [0.1, 0.15) is 20.3 Å². The van der Waals surface area contributed by atoms with Crippen LogP contribution in [0.15, 0.2) is 53.7 Å². The molecule has 1 saturated heterocycles. The Morgan fingerprint density at radius 3 is 2.41 bits per heavy atom. The molecule has 1 fully saturated rings. The lowest BCUT2D eigenvalue weighted by molar-refractivity contribution is -0.134. The van der Waals surface area contributed by atoms with Gasteiger partial charge in [0.25, 0.3) is 0 Å². The fourth-order valence-electron chi connectivity index (χ4n) is 4.59. The van der Waals surface area contributed by atoms with Crippen molar-refractivity contribution >= 4 is 46.0 Å². The van der Waals surface area contributed by atoms with E-state index in [9.17, 15) is 9.59 Å². The molecule has 3 aromatic rings. The van der Waals surface area contributed by atoms with E-state index in [4.69, 9.17) is 4.98 Å². The highest BCUT2D eigenvalue weighted by molar-refractivity contribution is 7.99. The van der Waals surface area contributed by atoms with Gasteiger partial charge in [0.05, 0.1) is 16.8 Å². The van der Waals surface area contributed by atoms with Gasteiger partial charge in [0.1, 0.15) is 6.54 Å². The minimum absolute atomic E-state index is 0.105. The maximum absolute atomic E-state index is 13.2. The molecule has 1 aliphatic heterocycles. The monoisotopic (exact) mass is 479 g/mol. The van der Waals surface area contributed by atoms with Gasteiger partial charge in [-0.15, -0.1) is 0 Å². The molecule has 2 heterocycles. The molecule has 2 aromatic carbocycles. The Labute approximate surface area is 205 Å². The summed E-state index contributed by atoms with van der Waals surface area (Å²) in [5, 5.41) is 3.63. The number of carbonyl (C=O) groups excluding carboxylic acids is 2. The molecule has 7 nitrogen and oxygen atoms in total. The van der Waals surface area contributed by atoms with Crippen LogP contribution in [-0.4, -0.2) is 59.2 Å². The lowest BCUT2D eigenvalue weighted by atomic mass is 9.92. The molecule has 0 radical (unpaired) electrons. The number of piperidine rings is 1. The van der Waals surface area contributed by atoms with Gasteiger partial charge in [-0.3, -0.25) is 9.59 Å². The van der Waals surface area contributed by atoms with Crippen LogP contribution in [0.2, 0.25) is 0 Å². The third kappa shape index (κ3) is 5.73. The number of nitrogens with zero attached hydrogens (tertiary/aromatic N) is 4. The van der Waals surface area contributed by atoms with E-state index >= 15 is 0 Å². The summed E-state index contributed by atoms with van der Waals surface area (Å²) in [7, 11) is 3.96. The van der Waals surface area contributed by atoms with Gasteiger partial charge >= 0.3 is 0 Å². The highest BCUT2D eigenvalue weighted by atomic mass is 32.2. The SMILES string of the molecule is C[C@@H]1C[C@H](C)CN(C(=O)Cn2c(SCC(=O)Nc3ccc(N(C)C)cc3)nc3ccccc32)C1. The fraction of sp³-hybridized carbons (Fsp3) is 0.423. The predicted molar refractivity (Wildman–Crippen MR) is 139 cm³/mol. The number of likely N-dealkylation sites (tertiary alicyclic amines) is 1. The van der Waals surface area contributed by atoms with Crippen molar-refractivity contribution in [3.05, 3.63) is 48.5 Å². The lowest BCUT2D eigenvalue weighted by Crippen LogP contribution is -2.44. The molecule has 0 aliphatic carbocycles. The molecule has 0 saturated carbocycles. The third-order valence-corrected chi connectivity index (χ3v) is 7.11. The van der Waals surface area contributed by atoms with Gasteiger partial charge in [-0.1, -0.05) is 37.7 Å². The van der Waals surface area contributed by atoms with Crippen molar-refractivity contribution in [2.45, 2.75) is 32.0 Å². The van der Waals surface area contributed by atoms with Gasteiger partial charge in [0.2, 0.25) is 11.8 Å². The Balaban J connectivity index is 1.45. The van der Waals surface area contributed by atoms with Crippen molar-refractivity contribution in [2.24, 2.45) is 11.8 Å². The fourth-order valence-corrected chi connectivity index (χ4v) is 5.40. The minimum atomic E-state index is -0.105. The molecule has 8 heteroatoms. The zero-order chi connectivity index (χ0) is 24.2. The number of hydrogen-bond donors (Lipinski definition) is 1. The van der Waals surface area contributed by atoms with Crippen molar-refractivity contribution < 1.29 is 9.59 Å². The van der Waals surface area contributed by atoms with E-state index in [0.717, 1.165) is 41.9 Å². The van der Waals surface area contributed by atoms with Crippen LogP contribution in [0.4, 0.5) is 11.4 Å². The van der Waals surface area contributed by atoms with Gasteiger partial charge in [-0.2, -0.15) is 0 Å². The number of thioether (sulfide) groups is 1. The van der Waals surface area contributed by atoms with Crippen molar-refractivity contribution in [1.82, 2.24) is 14.5 Å². The molecule has 1 aliphatic rings. The maximum Gasteiger partial charge on any atom is 0.242 e. The largest absolute Gasteiger partial charge is 0.378 e. The summed E-state index contributed by atoms with van der Waals surface area (Å²) in [5.74, 6) is 1.23. The summed E-state index contributed by atoms with van der Waals surface area (Å²) in [5.41, 5.74) is 3.57. The van der Waals surface area contributed by atoms with Crippen LogP contribution in [0.25, 0.3) is 11.0 Å². The second kappa shape index (κ2) is 10.5. The molecule has 0 bridgehead atoms. The summed E-state index contributed by atoms with van der Waals surface area (Å²) in [6.45, 7) is 6.24. The summed E-state index contributed by atoms with van der Waals surface area (Å²) in [4.78, 5) is 34.5. The smallest absolute Gasteiger partial charge is 0.242 e. The predicted octanol–water partition coefficient (Wildman–Crippen LogP) is 4.34. The first-order chi connectivity index (χ1) is 16.3. The summed E-state index contributed by atoms with van der Waals surface area (Å²) >= 11 is 1.36. The van der Waals surface area contributed by atoms with Gasteiger partial charge in [-0.25, -0.2) is 4.98 Å². The number of amides is 2. The molecule has 0 unspecified atom stereocenters. The molecule has 2 amide bonds. The first kappa shape index (κ1) is 24.1. The maximum atomic E-state index is 13.2. The highest BCUT2D eigenvalue weighted by Gasteiger charge is 2.26. The van der Waals surface area contributed by atoms with E-state index in [1.165, 1.54) is 11.8 Å². The number of hydrogen-bond acceptors (Lipinski definition) is 5. The molecule has 2 atom stereocenters. The van der Waals surface area contributed by atoms with E-state index < -0.39 is 0 Å². The zero-order valence-electron chi connectivity index (χ0n) is 20.3. The van der Waals surface area contributed by atoms with Crippen LogP contribution < -0.4 is 10.2 Å². The second-order valence-corrected chi connectivity index (χ2v) is 10.4. The molecule has 180 valence electrons. The average Bonchev–Trinajstić information content (AvgIpc) is 3.14. The number of rotatable bonds is 7. The van der Waals surface area contributed by atoms with Crippen LogP contribution in [0.3, 0.4) is 0 Å². The number of carbonyl (C=O) groups is 2. The minimum Gasteiger partial charge on any atom is -0.378 e. The molecule has 4 rings (SSSR count). The Bertz CT molecular complexity index is 1150. The van der Waals surface area contributed by atoms with Gasteiger partial charge < -0.3 is 19.7 Å². The number of aromatic nitrogens is 2. The first-order valence-corrected chi connectivity index (χ1v) is 12.7. The van der Waals surface area contributed by atoms with E-state index in [2.05, 4.69) is 19.2 Å². The number of nitrogens with one attached hydrogen (secondary N) is 1. The molecule has 1 N–H and O–H groups in total. The second-order valence-electron chi connectivity index (χ2n) is 9.49. The quantitative estimate of drug-likeness (QED) is 0.511. The van der Waals surface area contributed by atoms with Crippen LogP contribution >= 0.6 is 11.8 Å². The Morgan fingerprint density at radius 2 is 1.74 bits per heavy atom. The number of benzene rings is 2. The van der Waals surface area contributed by atoms with Crippen LogP contribution in [0.5, 0.6) is 0 Å². The number of imidazole rings is 1. The number of para-hydroxylation sites is 2. The molecule has 0 spiro atoms. The Hall–Kier alpha value is -3.00. The van der Waals surface area contributed by atoms with Crippen molar-refractivity contribution in [2.75, 3.05) is 43.2 Å². The van der Waals surface area contributed by atoms with Crippen molar-refractivity contribution in [1.29, 1.82) is 0 Å². The van der Waals surface area contributed by atoms with Crippen LogP contribution in [0, 0.1) is 11.8 Å². The zero-order valence-corrected chi connectivity index (χ0v) is 21.1. The summed E-state index contributed by atoms with van der Waals surface area (Å²) in [6, 6.07) is 15.5. The standard InChI is InChI=1S/C26H33N5O2S/c1-18-13-19(2)15-30(14-18)25(33)16-31-23-8-6-5-7-22(23)28-26(31)34-17-24(32)27-20-9-11-21(12-10-20)29(3)4/h5-12,18-19H,13-17H2,1-4H3,(H,27,32)/t18-,19+. The van der Waals surface area contributed by atoms with E-state index in [0.29, 0.717) is 17.0 Å². The Morgan fingerprint density at radius 1 is 1.06 bits per heavy atom. The van der Waals surface area contributed by atoms with Gasteiger partial charge in [0, 0.05) is 38.6 Å². The van der Waals surface area contributed by atoms with Gasteiger partial charge in [0.15, 0.2) is 5.16 Å². The van der Waals surface area contributed by atoms with E-state index in [-0.39, 0.29) is 24.1 Å². The third-order valence-electron chi connectivity index (χ3n) is 6.13. The number of anilines is 2. The van der Waals surface area contributed by atoms with Crippen molar-refractivity contribution in [3.63, 3.8) is 0 Å². The van der Waals surface area contributed by atoms with Crippen LogP contribution in [-0.2, 0) is 16.1 Å². The number of fused-ring (bicyclic) bond motifs is 1. The molecule has 1 aromatic heterocycles. The molecular formula is C26H33N5O2S. The lowest BCUT2D eigenvalue weighted by Gasteiger charge is -2.35. The summed E-state index contributed by atoms with van der Waals surface area (Å²) < 4.78 is 1.95. The van der Waals surface area contributed by atoms with E-state index in [1.54, 1.807) is 0 Å². The molecular weight excluding hydrogens is 446 g/mol. The molecule has 34 heavy (non-hydrogen) atoms. The topological polar surface area (TPSA) is 70.5 Å². The van der Waals surface area contributed by atoms with Gasteiger partial charge in [-0.05, 0) is 54.7 Å². The van der Waals surface area contributed by atoms with E-state index in [1.807, 2.05) is 77.0 Å². The Kier molecular flexibility index (Phi) is 7.46. The highest BCUT2D eigenvalue weighted by Crippen LogP contribution is 2.26. The first-order valence-electron chi connectivity index (χ1n) is 11.7. The van der Waals surface area contributed by atoms with Crippen molar-refractivity contribution in [3.8, 4) is 0 Å². The average molecular weight is 480 g/mol. The normalized spacial score (nSPS) is 18.2. The summed E-state index contributed by atoms with van der Waals surface area (Å²) in [6.07, 6.45) is 1.16.